The fourth-order valence-electron chi connectivity index (χ4n) is 3.57. The van der Waals surface area contributed by atoms with Crippen LogP contribution in [0.1, 0.15) is 22.3 Å². The first kappa shape index (κ1) is 19.9. The Hall–Kier alpha value is -3.44. The highest BCUT2D eigenvalue weighted by atomic mass is 19.1. The van der Waals surface area contributed by atoms with Crippen molar-refractivity contribution in [2.75, 3.05) is 13.2 Å². The van der Waals surface area contributed by atoms with Crippen LogP contribution in [0, 0.1) is 5.82 Å². The van der Waals surface area contributed by atoms with Crippen molar-refractivity contribution in [3.63, 3.8) is 0 Å². The van der Waals surface area contributed by atoms with Crippen molar-refractivity contribution in [1.82, 2.24) is 9.88 Å². The summed E-state index contributed by atoms with van der Waals surface area (Å²) in [4.78, 5) is 12.3. The van der Waals surface area contributed by atoms with Crippen LogP contribution in [0.4, 0.5) is 4.39 Å². The number of halogens is 1. The zero-order valence-corrected chi connectivity index (χ0v) is 16.5. The molecule has 0 atom stereocenters. The lowest BCUT2D eigenvalue weighted by atomic mass is 10.0. The first-order chi connectivity index (χ1) is 14.6. The lowest BCUT2D eigenvalue weighted by molar-refractivity contribution is 0.0951. The van der Waals surface area contributed by atoms with E-state index in [9.17, 15) is 9.18 Å². The number of benzene rings is 3. The van der Waals surface area contributed by atoms with Gasteiger partial charge in [0.15, 0.2) is 0 Å². The van der Waals surface area contributed by atoms with Gasteiger partial charge in [0, 0.05) is 42.4 Å². The molecule has 0 saturated carbocycles. The molecule has 4 nitrogen and oxygen atoms in total. The monoisotopic (exact) mass is 402 g/mol. The summed E-state index contributed by atoms with van der Waals surface area (Å²) in [7, 11) is 0. The Bertz CT molecular complexity index is 1180. The number of aliphatic hydroxyl groups is 1. The molecule has 4 aromatic rings. The number of hydrogen-bond donors (Lipinski definition) is 2. The van der Waals surface area contributed by atoms with E-state index in [0.29, 0.717) is 25.1 Å². The van der Waals surface area contributed by atoms with E-state index in [0.717, 1.165) is 27.6 Å². The first-order valence-corrected chi connectivity index (χ1v) is 9.97. The zero-order chi connectivity index (χ0) is 20.9. The number of carbonyl (C=O) groups is 1. The highest BCUT2D eigenvalue weighted by molar-refractivity contribution is 5.96. The van der Waals surface area contributed by atoms with Gasteiger partial charge >= 0.3 is 0 Å². The van der Waals surface area contributed by atoms with Gasteiger partial charge in [-0.2, -0.15) is 0 Å². The van der Waals surface area contributed by atoms with Crippen LogP contribution in [0.25, 0.3) is 22.0 Å². The Balaban J connectivity index is 1.57. The SMILES string of the molecule is O=C(NCCCO)c1cccc(-c2ccc3c(ccn3Cc3cccc(F)c3)c2)c1. The topological polar surface area (TPSA) is 54.3 Å². The summed E-state index contributed by atoms with van der Waals surface area (Å²) in [6.45, 7) is 1.10. The van der Waals surface area contributed by atoms with Gasteiger partial charge in [-0.25, -0.2) is 4.39 Å². The van der Waals surface area contributed by atoms with Gasteiger partial charge < -0.3 is 15.0 Å². The van der Waals surface area contributed by atoms with Crippen molar-refractivity contribution in [2.24, 2.45) is 0 Å². The Morgan fingerprint density at radius 2 is 1.80 bits per heavy atom. The minimum Gasteiger partial charge on any atom is -0.396 e. The van der Waals surface area contributed by atoms with E-state index < -0.39 is 0 Å². The average molecular weight is 402 g/mol. The van der Waals surface area contributed by atoms with Crippen LogP contribution < -0.4 is 5.32 Å². The van der Waals surface area contributed by atoms with Crippen LogP contribution in [-0.2, 0) is 6.54 Å². The molecule has 4 rings (SSSR count). The molecule has 0 unspecified atom stereocenters. The molecule has 0 aliphatic rings. The van der Waals surface area contributed by atoms with E-state index >= 15 is 0 Å². The highest BCUT2D eigenvalue weighted by Gasteiger charge is 2.09. The van der Waals surface area contributed by atoms with Gasteiger partial charge in [-0.05, 0) is 65.6 Å². The van der Waals surface area contributed by atoms with Crippen molar-refractivity contribution < 1.29 is 14.3 Å². The van der Waals surface area contributed by atoms with E-state index in [1.807, 2.05) is 42.6 Å². The normalized spacial score (nSPS) is 11.0. The van der Waals surface area contributed by atoms with Crippen molar-refractivity contribution >= 4 is 16.8 Å². The molecule has 0 aliphatic carbocycles. The summed E-state index contributed by atoms with van der Waals surface area (Å²) < 4.78 is 15.6. The molecule has 0 fully saturated rings. The van der Waals surface area contributed by atoms with Gasteiger partial charge in [0.1, 0.15) is 5.82 Å². The molecular weight excluding hydrogens is 379 g/mol. The van der Waals surface area contributed by atoms with Gasteiger partial charge in [0.25, 0.3) is 5.91 Å². The van der Waals surface area contributed by atoms with Crippen LogP contribution in [0.5, 0.6) is 0 Å². The predicted octanol–water partition coefficient (Wildman–Crippen LogP) is 4.61. The number of nitrogens with one attached hydrogen (secondary N) is 1. The van der Waals surface area contributed by atoms with E-state index in [1.54, 1.807) is 18.2 Å². The average Bonchev–Trinajstić information content (AvgIpc) is 3.16. The summed E-state index contributed by atoms with van der Waals surface area (Å²) in [6, 6.07) is 22.4. The second kappa shape index (κ2) is 8.93. The number of nitrogens with zero attached hydrogens (tertiary/aromatic N) is 1. The zero-order valence-electron chi connectivity index (χ0n) is 16.5. The molecule has 1 amide bonds. The molecule has 0 spiro atoms. The smallest absolute Gasteiger partial charge is 0.251 e. The van der Waals surface area contributed by atoms with Gasteiger partial charge in [0.05, 0.1) is 0 Å². The standard InChI is InChI=1S/C25H23FN2O2/c26-23-7-1-4-18(14-23)17-28-12-10-21-15-20(8-9-24(21)28)19-5-2-6-22(16-19)25(30)27-11-3-13-29/h1-2,4-10,12,14-16,29H,3,11,13,17H2,(H,27,30). The van der Waals surface area contributed by atoms with Crippen LogP contribution in [-0.4, -0.2) is 28.7 Å². The van der Waals surface area contributed by atoms with Gasteiger partial charge in [-0.15, -0.1) is 0 Å². The van der Waals surface area contributed by atoms with Gasteiger partial charge in [0.2, 0.25) is 0 Å². The molecule has 2 N–H and O–H groups in total. The van der Waals surface area contributed by atoms with Crippen LogP contribution in [0.2, 0.25) is 0 Å². The number of fused-ring (bicyclic) bond motifs is 1. The lowest BCUT2D eigenvalue weighted by Gasteiger charge is -2.09. The second-order valence-electron chi connectivity index (χ2n) is 7.26. The number of carbonyl (C=O) groups excluding carboxylic acids is 1. The minimum atomic E-state index is -0.230. The molecule has 1 aromatic heterocycles. The summed E-state index contributed by atoms with van der Waals surface area (Å²) in [5.41, 5.74) is 4.56. The van der Waals surface area contributed by atoms with Gasteiger partial charge in [-0.3, -0.25) is 4.79 Å². The van der Waals surface area contributed by atoms with E-state index in [-0.39, 0.29) is 18.3 Å². The van der Waals surface area contributed by atoms with Crippen molar-refractivity contribution in [1.29, 1.82) is 0 Å². The van der Waals surface area contributed by atoms with Crippen molar-refractivity contribution in [3.8, 4) is 11.1 Å². The Kier molecular flexibility index (Phi) is 5.91. The maximum absolute atomic E-state index is 13.5. The molecule has 0 bridgehead atoms. The summed E-state index contributed by atoms with van der Waals surface area (Å²) >= 11 is 0. The molecule has 30 heavy (non-hydrogen) atoms. The maximum atomic E-state index is 13.5. The quantitative estimate of drug-likeness (QED) is 0.444. The Morgan fingerprint density at radius 1 is 0.967 bits per heavy atom. The van der Waals surface area contributed by atoms with Crippen LogP contribution >= 0.6 is 0 Å². The number of amides is 1. The van der Waals surface area contributed by atoms with E-state index in [4.69, 9.17) is 5.11 Å². The molecule has 0 radical (unpaired) electrons. The number of rotatable bonds is 7. The number of aliphatic hydroxyl groups excluding tert-OH is 1. The molecule has 1 heterocycles. The van der Waals surface area contributed by atoms with Crippen LogP contribution in [0.3, 0.4) is 0 Å². The van der Waals surface area contributed by atoms with E-state index in [2.05, 4.69) is 22.0 Å². The molecule has 0 saturated heterocycles. The molecular formula is C25H23FN2O2. The van der Waals surface area contributed by atoms with Crippen molar-refractivity contribution in [2.45, 2.75) is 13.0 Å². The summed E-state index contributed by atoms with van der Waals surface area (Å²) in [6.07, 6.45) is 2.54. The van der Waals surface area contributed by atoms with Crippen LogP contribution in [0.15, 0.2) is 79.0 Å². The summed E-state index contributed by atoms with van der Waals surface area (Å²) in [5.74, 6) is -0.376. The second-order valence-corrected chi connectivity index (χ2v) is 7.26. The summed E-state index contributed by atoms with van der Waals surface area (Å²) in [5, 5.41) is 12.8. The third-order valence-electron chi connectivity index (χ3n) is 5.09. The van der Waals surface area contributed by atoms with E-state index in [1.165, 1.54) is 6.07 Å². The lowest BCUT2D eigenvalue weighted by Crippen LogP contribution is -2.24. The molecule has 152 valence electrons. The number of aromatic nitrogens is 1. The molecule has 0 aliphatic heterocycles. The Morgan fingerprint density at radius 3 is 2.63 bits per heavy atom. The largest absolute Gasteiger partial charge is 0.396 e. The van der Waals surface area contributed by atoms with Gasteiger partial charge in [-0.1, -0.05) is 30.3 Å². The maximum Gasteiger partial charge on any atom is 0.251 e. The van der Waals surface area contributed by atoms with Crippen molar-refractivity contribution in [3.05, 3.63) is 95.9 Å². The third-order valence-corrected chi connectivity index (χ3v) is 5.09. The fourth-order valence-corrected chi connectivity index (χ4v) is 3.57. The Labute approximate surface area is 174 Å². The fraction of sp³-hybridized carbons (Fsp3) is 0.160. The minimum absolute atomic E-state index is 0.0548. The molecule has 3 aromatic carbocycles. The molecule has 5 heteroatoms. The highest BCUT2D eigenvalue weighted by Crippen LogP contribution is 2.26. The third kappa shape index (κ3) is 4.42. The predicted molar refractivity (Wildman–Crippen MR) is 117 cm³/mol. The first-order valence-electron chi connectivity index (χ1n) is 9.97. The number of hydrogen-bond acceptors (Lipinski definition) is 2.